The molecule has 0 bridgehead atoms. The van der Waals surface area contributed by atoms with E-state index in [0.29, 0.717) is 20.8 Å². The average molecular weight is 289 g/mol. The lowest BCUT2D eigenvalue weighted by molar-refractivity contribution is 0.277. The highest BCUT2D eigenvalue weighted by atomic mass is 35.5. The normalized spacial score (nSPS) is 10.6. The van der Waals surface area contributed by atoms with Gasteiger partial charge in [-0.25, -0.2) is 0 Å². The van der Waals surface area contributed by atoms with Crippen LogP contribution in [0, 0.1) is 0 Å². The number of aromatic nitrogens is 1. The Morgan fingerprint density at radius 1 is 1.12 bits per heavy atom. The second-order valence-electron chi connectivity index (χ2n) is 3.41. The lowest BCUT2D eigenvalue weighted by atomic mass is 10.1. The second kappa shape index (κ2) is 5.23. The van der Waals surface area contributed by atoms with Crippen molar-refractivity contribution in [3.63, 3.8) is 0 Å². The number of nitrogens with zero attached hydrogens (tertiary/aromatic N) is 1. The van der Waals surface area contributed by atoms with Crippen LogP contribution in [0.3, 0.4) is 0 Å². The van der Waals surface area contributed by atoms with Gasteiger partial charge in [0.1, 0.15) is 0 Å². The monoisotopic (exact) mass is 287 g/mol. The van der Waals surface area contributed by atoms with E-state index in [4.69, 9.17) is 39.9 Å². The zero-order valence-electron chi connectivity index (χ0n) is 8.62. The van der Waals surface area contributed by atoms with Crippen molar-refractivity contribution in [2.45, 2.75) is 6.61 Å². The Balaban J connectivity index is 2.54. The molecule has 2 rings (SSSR count). The Bertz CT molecular complexity index is 557. The van der Waals surface area contributed by atoms with E-state index >= 15 is 0 Å². The van der Waals surface area contributed by atoms with Gasteiger partial charge in [-0.15, -0.1) is 0 Å². The number of rotatable bonds is 2. The summed E-state index contributed by atoms with van der Waals surface area (Å²) in [5, 5.41) is 10.3. The summed E-state index contributed by atoms with van der Waals surface area (Å²) in [6, 6.07) is 7.06. The van der Waals surface area contributed by atoms with Crippen molar-refractivity contribution in [3.8, 4) is 11.1 Å². The van der Waals surface area contributed by atoms with Crippen molar-refractivity contribution in [1.29, 1.82) is 0 Å². The SMILES string of the molecule is OCc1ncc(-c2cccc(Cl)c2Cl)cc1Cl. The summed E-state index contributed by atoms with van der Waals surface area (Å²) in [5.74, 6) is 0. The zero-order valence-corrected chi connectivity index (χ0v) is 10.9. The maximum absolute atomic E-state index is 8.98. The molecular weight excluding hydrogens is 280 g/mol. The number of hydrogen-bond donors (Lipinski definition) is 1. The third kappa shape index (κ3) is 2.55. The van der Waals surface area contributed by atoms with Crippen LogP contribution >= 0.6 is 34.8 Å². The average Bonchev–Trinajstić information content (AvgIpc) is 2.32. The fourth-order valence-electron chi connectivity index (χ4n) is 1.46. The van der Waals surface area contributed by atoms with E-state index in [1.54, 1.807) is 24.4 Å². The first-order valence-electron chi connectivity index (χ1n) is 4.83. The smallest absolute Gasteiger partial charge is 0.0868 e. The Labute approximate surface area is 114 Å². The van der Waals surface area contributed by atoms with Gasteiger partial charge in [0, 0.05) is 17.3 Å². The number of halogens is 3. The van der Waals surface area contributed by atoms with E-state index in [9.17, 15) is 0 Å². The first-order valence-corrected chi connectivity index (χ1v) is 5.96. The van der Waals surface area contributed by atoms with Gasteiger partial charge >= 0.3 is 0 Å². The molecule has 0 aliphatic heterocycles. The van der Waals surface area contributed by atoms with Gasteiger partial charge in [-0.3, -0.25) is 4.98 Å². The maximum atomic E-state index is 8.98. The van der Waals surface area contributed by atoms with Gasteiger partial charge in [-0.1, -0.05) is 46.9 Å². The lowest BCUT2D eigenvalue weighted by Crippen LogP contribution is -1.91. The minimum atomic E-state index is -0.192. The summed E-state index contributed by atoms with van der Waals surface area (Å²) in [5.41, 5.74) is 1.96. The number of aliphatic hydroxyl groups is 1. The molecule has 2 aromatic rings. The first-order chi connectivity index (χ1) is 8.13. The van der Waals surface area contributed by atoms with Gasteiger partial charge in [0.2, 0.25) is 0 Å². The number of aliphatic hydroxyl groups excluding tert-OH is 1. The van der Waals surface area contributed by atoms with Crippen molar-refractivity contribution >= 4 is 34.8 Å². The molecule has 0 saturated carbocycles. The van der Waals surface area contributed by atoms with Crippen LogP contribution in [-0.2, 0) is 6.61 Å². The minimum absolute atomic E-state index is 0.192. The van der Waals surface area contributed by atoms with Crippen LogP contribution in [0.4, 0.5) is 0 Å². The molecule has 0 saturated heterocycles. The van der Waals surface area contributed by atoms with Crippen molar-refractivity contribution < 1.29 is 5.11 Å². The van der Waals surface area contributed by atoms with E-state index in [2.05, 4.69) is 4.98 Å². The summed E-state index contributed by atoms with van der Waals surface area (Å²) < 4.78 is 0. The first kappa shape index (κ1) is 12.7. The fraction of sp³-hybridized carbons (Fsp3) is 0.0833. The summed E-state index contributed by atoms with van der Waals surface area (Å²) in [6.45, 7) is -0.192. The Hall–Kier alpha value is -0.800. The van der Waals surface area contributed by atoms with E-state index in [-0.39, 0.29) is 6.61 Å². The number of benzene rings is 1. The highest BCUT2D eigenvalue weighted by Gasteiger charge is 2.09. The third-order valence-corrected chi connectivity index (χ3v) is 3.48. The van der Waals surface area contributed by atoms with Crippen LogP contribution in [-0.4, -0.2) is 10.1 Å². The molecule has 0 amide bonds. The standard InChI is InChI=1S/C12H8Cl3NO/c13-9-3-1-2-8(12(9)15)7-4-10(14)11(6-17)16-5-7/h1-5,17H,6H2. The summed E-state index contributed by atoms with van der Waals surface area (Å²) in [6.07, 6.45) is 1.61. The Morgan fingerprint density at radius 2 is 1.88 bits per heavy atom. The minimum Gasteiger partial charge on any atom is -0.390 e. The quantitative estimate of drug-likeness (QED) is 0.898. The zero-order chi connectivity index (χ0) is 12.4. The van der Waals surface area contributed by atoms with Gasteiger partial charge < -0.3 is 5.11 Å². The molecule has 1 heterocycles. The van der Waals surface area contributed by atoms with Gasteiger partial charge in [0.05, 0.1) is 27.4 Å². The molecule has 17 heavy (non-hydrogen) atoms. The largest absolute Gasteiger partial charge is 0.390 e. The molecule has 0 radical (unpaired) electrons. The summed E-state index contributed by atoms with van der Waals surface area (Å²) in [7, 11) is 0. The molecule has 1 aromatic carbocycles. The van der Waals surface area contributed by atoms with Crippen molar-refractivity contribution in [3.05, 3.63) is 51.2 Å². The Morgan fingerprint density at radius 3 is 2.53 bits per heavy atom. The highest BCUT2D eigenvalue weighted by Crippen LogP contribution is 2.34. The molecule has 0 spiro atoms. The maximum Gasteiger partial charge on any atom is 0.0868 e. The third-order valence-electron chi connectivity index (χ3n) is 2.33. The van der Waals surface area contributed by atoms with Crippen LogP contribution in [0.25, 0.3) is 11.1 Å². The molecule has 0 atom stereocenters. The Kier molecular flexibility index (Phi) is 3.89. The molecule has 88 valence electrons. The molecule has 2 nitrogen and oxygen atoms in total. The van der Waals surface area contributed by atoms with Crippen LogP contribution in [0.5, 0.6) is 0 Å². The van der Waals surface area contributed by atoms with Crippen molar-refractivity contribution in [1.82, 2.24) is 4.98 Å². The van der Waals surface area contributed by atoms with Gasteiger partial charge in [-0.05, 0) is 12.1 Å². The predicted octanol–water partition coefficient (Wildman–Crippen LogP) is 4.20. The highest BCUT2D eigenvalue weighted by molar-refractivity contribution is 6.43. The van der Waals surface area contributed by atoms with E-state index < -0.39 is 0 Å². The molecule has 1 aromatic heterocycles. The molecule has 0 aliphatic rings. The van der Waals surface area contributed by atoms with Gasteiger partial charge in [0.25, 0.3) is 0 Å². The van der Waals surface area contributed by atoms with E-state index in [0.717, 1.165) is 11.1 Å². The molecule has 0 unspecified atom stereocenters. The lowest BCUT2D eigenvalue weighted by Gasteiger charge is -2.07. The van der Waals surface area contributed by atoms with Crippen LogP contribution in [0.1, 0.15) is 5.69 Å². The second-order valence-corrected chi connectivity index (χ2v) is 4.60. The summed E-state index contributed by atoms with van der Waals surface area (Å²) in [4.78, 5) is 4.06. The molecular formula is C12H8Cl3NO. The van der Waals surface area contributed by atoms with E-state index in [1.165, 1.54) is 0 Å². The molecule has 1 N–H and O–H groups in total. The van der Waals surface area contributed by atoms with E-state index in [1.807, 2.05) is 6.07 Å². The number of pyridine rings is 1. The fourth-order valence-corrected chi connectivity index (χ4v) is 2.09. The van der Waals surface area contributed by atoms with Crippen LogP contribution in [0.15, 0.2) is 30.5 Å². The summed E-state index contributed by atoms with van der Waals surface area (Å²) >= 11 is 18.0. The van der Waals surface area contributed by atoms with Gasteiger partial charge in [0.15, 0.2) is 0 Å². The van der Waals surface area contributed by atoms with Crippen LogP contribution in [0.2, 0.25) is 15.1 Å². The predicted molar refractivity (Wildman–Crippen MR) is 70.6 cm³/mol. The van der Waals surface area contributed by atoms with Gasteiger partial charge in [-0.2, -0.15) is 0 Å². The van der Waals surface area contributed by atoms with Crippen molar-refractivity contribution in [2.24, 2.45) is 0 Å². The number of hydrogen-bond acceptors (Lipinski definition) is 2. The molecule has 0 fully saturated rings. The topological polar surface area (TPSA) is 33.1 Å². The van der Waals surface area contributed by atoms with Crippen LogP contribution < -0.4 is 0 Å². The molecule has 0 aliphatic carbocycles. The molecule has 5 heteroatoms. The van der Waals surface area contributed by atoms with Crippen molar-refractivity contribution in [2.75, 3.05) is 0 Å².